The van der Waals surface area contributed by atoms with Crippen molar-refractivity contribution in [1.82, 2.24) is 0 Å². The second kappa shape index (κ2) is 7.81. The van der Waals surface area contributed by atoms with Gasteiger partial charge < -0.3 is 14.4 Å². The summed E-state index contributed by atoms with van der Waals surface area (Å²) in [4.78, 5) is 2.38. The van der Waals surface area contributed by atoms with E-state index in [4.69, 9.17) is 9.47 Å². The van der Waals surface area contributed by atoms with Crippen LogP contribution in [-0.4, -0.2) is 6.71 Å². The van der Waals surface area contributed by atoms with E-state index in [1.807, 2.05) is 17.4 Å². The van der Waals surface area contributed by atoms with Gasteiger partial charge in [-0.15, -0.1) is 11.3 Å². The van der Waals surface area contributed by atoms with Crippen molar-refractivity contribution in [1.29, 1.82) is 0 Å². The lowest BCUT2D eigenvalue weighted by Gasteiger charge is -2.43. The van der Waals surface area contributed by atoms with Crippen LogP contribution in [-0.2, 0) is 0 Å². The zero-order chi connectivity index (χ0) is 26.7. The predicted octanol–water partition coefficient (Wildman–Crippen LogP) is 8.23. The van der Waals surface area contributed by atoms with E-state index in [1.165, 1.54) is 36.7 Å². The fraction of sp³-hybridized carbons (Fsp3) is 0. The van der Waals surface area contributed by atoms with Crippen LogP contribution in [0.15, 0.2) is 121 Å². The summed E-state index contributed by atoms with van der Waals surface area (Å²) in [5.41, 5.74) is 9.32. The number of thiophene rings is 1. The highest BCUT2D eigenvalue weighted by molar-refractivity contribution is 7.26. The van der Waals surface area contributed by atoms with Crippen molar-refractivity contribution in [2.24, 2.45) is 0 Å². The van der Waals surface area contributed by atoms with Crippen LogP contribution in [0.3, 0.4) is 0 Å². The van der Waals surface area contributed by atoms with Gasteiger partial charge in [-0.05, 0) is 76.6 Å². The maximum absolute atomic E-state index is 6.76. The molecule has 3 nitrogen and oxygen atoms in total. The second-order valence-corrected chi connectivity index (χ2v) is 11.9. The minimum absolute atomic E-state index is 0.0500. The highest BCUT2D eigenvalue weighted by Gasteiger charge is 2.47. The molecule has 0 amide bonds. The molecule has 0 aliphatic carbocycles. The standard InChI is InChI=1S/C36H20BNO2S/c1-2-9-22(10-3-1)38-26-14-7-15-28-33(26)37-34-27(38)19-21(20-31(34)40-30-17-8-16-29(39-28)35(30)37)23-12-6-13-25-24-11-4-5-18-32(24)41-36(23)25/h1-20H. The summed E-state index contributed by atoms with van der Waals surface area (Å²) >= 11 is 1.86. The third-order valence-corrected chi connectivity index (χ3v) is 9.93. The van der Waals surface area contributed by atoms with Gasteiger partial charge in [0.1, 0.15) is 23.0 Å². The number of ether oxygens (including phenoxy) is 2. The first kappa shape index (κ1) is 21.8. The molecule has 7 aromatic rings. The molecule has 10 rings (SSSR count). The SMILES string of the molecule is c1ccc(N2c3cccc4c3B3c5c(cccc5Oc5cc(-c6cccc7c6sc6ccccc67)cc2c53)O4)cc1. The van der Waals surface area contributed by atoms with Gasteiger partial charge in [-0.3, -0.25) is 0 Å². The molecule has 190 valence electrons. The van der Waals surface area contributed by atoms with Crippen LogP contribution in [0.25, 0.3) is 31.3 Å². The van der Waals surface area contributed by atoms with Gasteiger partial charge in [0.2, 0.25) is 0 Å². The Balaban J connectivity index is 1.31. The summed E-state index contributed by atoms with van der Waals surface area (Å²) in [5.74, 6) is 3.57. The van der Waals surface area contributed by atoms with E-state index in [1.54, 1.807) is 0 Å². The molecule has 1 aromatic heterocycles. The van der Waals surface area contributed by atoms with Crippen LogP contribution < -0.4 is 30.8 Å². The molecule has 0 N–H and O–H groups in total. The van der Waals surface area contributed by atoms with Crippen LogP contribution >= 0.6 is 11.3 Å². The summed E-state index contributed by atoms with van der Waals surface area (Å²) in [6.07, 6.45) is 0. The van der Waals surface area contributed by atoms with Gasteiger partial charge in [-0.1, -0.05) is 66.7 Å². The van der Waals surface area contributed by atoms with E-state index in [0.29, 0.717) is 0 Å². The largest absolute Gasteiger partial charge is 0.458 e. The quantitative estimate of drug-likeness (QED) is 0.206. The Labute approximate surface area is 240 Å². The van der Waals surface area contributed by atoms with Gasteiger partial charge in [0, 0.05) is 42.7 Å². The minimum atomic E-state index is 0.0500. The van der Waals surface area contributed by atoms with E-state index in [0.717, 1.165) is 51.1 Å². The van der Waals surface area contributed by atoms with Crippen molar-refractivity contribution in [2.75, 3.05) is 4.90 Å². The van der Waals surface area contributed by atoms with E-state index in [2.05, 4.69) is 120 Å². The van der Waals surface area contributed by atoms with Crippen molar-refractivity contribution >= 4 is 71.7 Å². The molecule has 0 bridgehead atoms. The number of benzene rings is 6. The Morgan fingerprint density at radius 1 is 0.537 bits per heavy atom. The summed E-state index contributed by atoms with van der Waals surface area (Å²) in [5, 5.41) is 2.60. The Kier molecular flexibility index (Phi) is 4.15. The van der Waals surface area contributed by atoms with Crippen molar-refractivity contribution in [2.45, 2.75) is 0 Å². The zero-order valence-electron chi connectivity index (χ0n) is 21.8. The average molecular weight is 541 g/mol. The molecular weight excluding hydrogens is 521 g/mol. The topological polar surface area (TPSA) is 21.7 Å². The van der Waals surface area contributed by atoms with Crippen LogP contribution in [0.2, 0.25) is 0 Å². The van der Waals surface area contributed by atoms with Gasteiger partial charge in [-0.2, -0.15) is 0 Å². The molecule has 0 fully saturated rings. The summed E-state index contributed by atoms with van der Waals surface area (Å²) in [7, 11) is 0. The van der Waals surface area contributed by atoms with E-state index in [-0.39, 0.29) is 6.71 Å². The van der Waals surface area contributed by atoms with Gasteiger partial charge in [0.25, 0.3) is 6.71 Å². The molecule has 0 radical (unpaired) electrons. The van der Waals surface area contributed by atoms with Crippen molar-refractivity contribution in [3.8, 4) is 34.1 Å². The Morgan fingerprint density at radius 3 is 2.10 bits per heavy atom. The molecule has 6 aromatic carbocycles. The van der Waals surface area contributed by atoms with Crippen LogP contribution in [0.1, 0.15) is 0 Å². The number of rotatable bonds is 2. The Hall–Kier alpha value is -5.00. The van der Waals surface area contributed by atoms with Crippen molar-refractivity contribution in [3.63, 3.8) is 0 Å². The normalized spacial score (nSPS) is 13.7. The highest BCUT2D eigenvalue weighted by Crippen LogP contribution is 2.48. The molecule has 3 aliphatic rings. The fourth-order valence-corrected chi connectivity index (χ4v) is 8.29. The maximum Gasteiger partial charge on any atom is 0.266 e. The first-order valence-corrected chi connectivity index (χ1v) is 14.7. The van der Waals surface area contributed by atoms with Gasteiger partial charge in [0.05, 0.1) is 0 Å². The fourth-order valence-electron chi connectivity index (χ4n) is 7.05. The molecular formula is C36H20BNO2S. The molecule has 0 saturated carbocycles. The number of para-hydroxylation sites is 1. The van der Waals surface area contributed by atoms with Crippen molar-refractivity contribution in [3.05, 3.63) is 121 Å². The molecule has 3 aliphatic heterocycles. The van der Waals surface area contributed by atoms with E-state index < -0.39 is 0 Å². The zero-order valence-corrected chi connectivity index (χ0v) is 22.6. The van der Waals surface area contributed by atoms with Gasteiger partial charge >= 0.3 is 0 Å². The second-order valence-electron chi connectivity index (χ2n) is 10.9. The number of nitrogens with zero attached hydrogens (tertiary/aromatic N) is 1. The third kappa shape index (κ3) is 2.83. The molecule has 5 heteroatoms. The average Bonchev–Trinajstić information content (AvgIpc) is 3.40. The minimum Gasteiger partial charge on any atom is -0.458 e. The summed E-state index contributed by atoms with van der Waals surface area (Å²) in [6.45, 7) is 0.0500. The summed E-state index contributed by atoms with van der Waals surface area (Å²) in [6, 6.07) is 43.2. The van der Waals surface area contributed by atoms with Crippen LogP contribution in [0, 0.1) is 0 Å². The van der Waals surface area contributed by atoms with Crippen LogP contribution in [0.4, 0.5) is 17.1 Å². The lowest BCUT2D eigenvalue weighted by molar-refractivity contribution is 0.464. The molecule has 0 atom stereocenters. The summed E-state index contributed by atoms with van der Waals surface area (Å²) < 4.78 is 15.9. The maximum atomic E-state index is 6.76. The number of hydrogen-bond donors (Lipinski definition) is 0. The number of hydrogen-bond acceptors (Lipinski definition) is 4. The third-order valence-electron chi connectivity index (χ3n) is 8.71. The number of fused-ring (bicyclic) bond motifs is 3. The van der Waals surface area contributed by atoms with E-state index in [9.17, 15) is 0 Å². The Bertz CT molecular complexity index is 2240. The molecule has 4 heterocycles. The first-order valence-electron chi connectivity index (χ1n) is 13.9. The highest BCUT2D eigenvalue weighted by atomic mass is 32.1. The predicted molar refractivity (Wildman–Crippen MR) is 171 cm³/mol. The molecule has 0 spiro atoms. The lowest BCUT2D eigenvalue weighted by Crippen LogP contribution is -2.61. The lowest BCUT2D eigenvalue weighted by atomic mass is 9.33. The molecule has 0 saturated heterocycles. The Morgan fingerprint density at radius 2 is 1.22 bits per heavy atom. The molecule has 0 unspecified atom stereocenters. The van der Waals surface area contributed by atoms with Crippen LogP contribution in [0.5, 0.6) is 23.0 Å². The van der Waals surface area contributed by atoms with Gasteiger partial charge in [0.15, 0.2) is 0 Å². The van der Waals surface area contributed by atoms with Crippen molar-refractivity contribution < 1.29 is 9.47 Å². The van der Waals surface area contributed by atoms with E-state index >= 15 is 0 Å². The first-order chi connectivity index (χ1) is 20.3. The monoisotopic (exact) mass is 541 g/mol. The molecule has 41 heavy (non-hydrogen) atoms. The van der Waals surface area contributed by atoms with Gasteiger partial charge in [-0.25, -0.2) is 0 Å². The smallest absolute Gasteiger partial charge is 0.266 e. The number of anilines is 3.